The van der Waals surface area contributed by atoms with Crippen LogP contribution in [0.4, 0.5) is 0 Å². The molecule has 0 aromatic carbocycles. The van der Waals surface area contributed by atoms with E-state index in [0.717, 1.165) is 19.3 Å². The van der Waals surface area contributed by atoms with Crippen LogP contribution in [0.5, 0.6) is 0 Å². The highest BCUT2D eigenvalue weighted by Gasteiger charge is 2.35. The van der Waals surface area contributed by atoms with Gasteiger partial charge >= 0.3 is 5.97 Å². The molecule has 2 saturated heterocycles. The molecule has 0 amide bonds. The topological polar surface area (TPSA) is 66.4 Å². The Morgan fingerprint density at radius 3 is 2.71 bits per heavy atom. The van der Waals surface area contributed by atoms with Gasteiger partial charge in [-0.1, -0.05) is 6.42 Å². The molecule has 4 nitrogen and oxygen atoms in total. The highest BCUT2D eigenvalue weighted by atomic mass is 16.4. The summed E-state index contributed by atoms with van der Waals surface area (Å²) in [7, 11) is 0. The van der Waals surface area contributed by atoms with Crippen molar-refractivity contribution in [3.8, 4) is 0 Å². The Labute approximate surface area is 102 Å². The predicted octanol–water partition coefficient (Wildman–Crippen LogP) is 1.73. The summed E-state index contributed by atoms with van der Waals surface area (Å²) in [6, 6.07) is 0.983. The molecule has 0 saturated carbocycles. The minimum atomic E-state index is -0.808. The van der Waals surface area contributed by atoms with Gasteiger partial charge in [-0.15, -0.1) is 0 Å². The van der Waals surface area contributed by atoms with Crippen LogP contribution < -0.4 is 5.32 Å². The third kappa shape index (κ3) is 3.28. The number of fused-ring (bicyclic) bond motifs is 2. The van der Waals surface area contributed by atoms with E-state index in [0.29, 0.717) is 24.9 Å². The first kappa shape index (κ1) is 12.6. The van der Waals surface area contributed by atoms with Crippen LogP contribution in [-0.2, 0) is 9.59 Å². The zero-order chi connectivity index (χ0) is 12.3. The molecule has 3 atom stereocenters. The summed E-state index contributed by atoms with van der Waals surface area (Å²) in [5, 5.41) is 12.1. The summed E-state index contributed by atoms with van der Waals surface area (Å²) in [5.41, 5.74) is 0. The molecule has 0 radical (unpaired) electrons. The summed E-state index contributed by atoms with van der Waals surface area (Å²) in [6.07, 6.45) is 6.64. The summed E-state index contributed by atoms with van der Waals surface area (Å²) >= 11 is 0. The van der Waals surface area contributed by atoms with Crippen LogP contribution in [0.2, 0.25) is 0 Å². The lowest BCUT2D eigenvalue weighted by molar-refractivity contribution is -0.137. The number of carboxylic acid groups (broad SMARTS) is 1. The molecular weight excluding hydrogens is 218 g/mol. The fraction of sp³-hybridized carbons (Fsp3) is 0.846. The van der Waals surface area contributed by atoms with Crippen molar-refractivity contribution in [1.29, 1.82) is 0 Å². The number of rotatable bonds is 5. The maximum Gasteiger partial charge on any atom is 0.303 e. The largest absolute Gasteiger partial charge is 0.481 e. The SMILES string of the molecule is O=C(O)CCCC(=O)[C@H]1CCC[C@@H]2CC[C@H]1N2. The smallest absolute Gasteiger partial charge is 0.303 e. The van der Waals surface area contributed by atoms with E-state index in [9.17, 15) is 9.59 Å². The van der Waals surface area contributed by atoms with E-state index < -0.39 is 5.97 Å². The number of carboxylic acids is 1. The second-order valence-electron chi connectivity index (χ2n) is 5.30. The van der Waals surface area contributed by atoms with Gasteiger partial charge in [0.25, 0.3) is 0 Å². The first-order valence-electron chi connectivity index (χ1n) is 6.67. The molecule has 0 aromatic rings. The second-order valence-corrected chi connectivity index (χ2v) is 5.30. The van der Waals surface area contributed by atoms with Crippen molar-refractivity contribution in [2.24, 2.45) is 5.92 Å². The number of carbonyl (C=O) groups excluding carboxylic acids is 1. The van der Waals surface area contributed by atoms with Gasteiger partial charge in [0.05, 0.1) is 0 Å². The molecule has 0 aliphatic carbocycles. The molecule has 0 unspecified atom stereocenters. The first-order valence-corrected chi connectivity index (χ1v) is 6.67. The Kier molecular flexibility index (Phi) is 4.15. The monoisotopic (exact) mass is 239 g/mol. The lowest BCUT2D eigenvalue weighted by Gasteiger charge is -2.20. The van der Waals surface area contributed by atoms with E-state index in [1.807, 2.05) is 0 Å². The number of carbonyl (C=O) groups is 2. The third-order valence-corrected chi connectivity index (χ3v) is 4.06. The normalized spacial score (nSPS) is 32.1. The van der Waals surface area contributed by atoms with Gasteiger partial charge in [0.1, 0.15) is 5.78 Å². The van der Waals surface area contributed by atoms with E-state index in [-0.39, 0.29) is 18.1 Å². The van der Waals surface area contributed by atoms with Gasteiger partial charge in [0.15, 0.2) is 0 Å². The Hall–Kier alpha value is -0.900. The van der Waals surface area contributed by atoms with Crippen molar-refractivity contribution in [1.82, 2.24) is 5.32 Å². The van der Waals surface area contributed by atoms with E-state index in [1.165, 1.54) is 12.8 Å². The third-order valence-electron chi connectivity index (χ3n) is 4.06. The van der Waals surface area contributed by atoms with Crippen molar-refractivity contribution >= 4 is 11.8 Å². The van der Waals surface area contributed by atoms with Gasteiger partial charge in [-0.25, -0.2) is 0 Å². The number of hydrogen-bond acceptors (Lipinski definition) is 3. The number of nitrogens with one attached hydrogen (secondary N) is 1. The van der Waals surface area contributed by atoms with Crippen molar-refractivity contribution in [2.45, 2.75) is 63.5 Å². The zero-order valence-corrected chi connectivity index (χ0v) is 10.2. The molecule has 0 spiro atoms. The molecule has 2 aliphatic rings. The summed E-state index contributed by atoms with van der Waals surface area (Å²) in [6.45, 7) is 0. The van der Waals surface area contributed by atoms with E-state index in [2.05, 4.69) is 5.32 Å². The average Bonchev–Trinajstić information content (AvgIpc) is 2.59. The van der Waals surface area contributed by atoms with Gasteiger partial charge in [-0.3, -0.25) is 9.59 Å². The molecule has 4 heteroatoms. The lowest BCUT2D eigenvalue weighted by atomic mass is 9.85. The first-order chi connectivity index (χ1) is 8.16. The van der Waals surface area contributed by atoms with Crippen LogP contribution >= 0.6 is 0 Å². The molecule has 2 heterocycles. The maximum absolute atomic E-state index is 12.1. The highest BCUT2D eigenvalue weighted by Crippen LogP contribution is 2.31. The van der Waals surface area contributed by atoms with Crippen LogP contribution in [0.25, 0.3) is 0 Å². The standard InChI is InChI=1S/C13H21NO3/c15-12(5-2-6-13(16)17)10-4-1-3-9-7-8-11(10)14-9/h9-11,14H,1-8H2,(H,16,17)/t9-,10+,11-/m1/s1. The molecule has 2 fully saturated rings. The molecule has 2 N–H and O–H groups in total. The molecule has 96 valence electrons. The molecule has 2 aliphatic heterocycles. The molecule has 2 rings (SSSR count). The Balaban J connectivity index is 1.83. The Bertz CT molecular complexity index is 303. The number of aliphatic carboxylic acids is 1. The quantitative estimate of drug-likeness (QED) is 0.766. The lowest BCUT2D eigenvalue weighted by Crippen LogP contribution is -2.36. The molecular formula is C13H21NO3. The minimum absolute atomic E-state index is 0.110. The number of ketones is 1. The van der Waals surface area contributed by atoms with Crippen LogP contribution in [0.1, 0.15) is 51.4 Å². The number of Topliss-reactive ketones (excluding diaryl/α,β-unsaturated/α-hetero) is 1. The van der Waals surface area contributed by atoms with Gasteiger partial charge in [-0.05, 0) is 32.1 Å². The van der Waals surface area contributed by atoms with Gasteiger partial charge in [0, 0.05) is 30.8 Å². The van der Waals surface area contributed by atoms with E-state index >= 15 is 0 Å². The van der Waals surface area contributed by atoms with Crippen molar-refractivity contribution < 1.29 is 14.7 Å². The predicted molar refractivity (Wildman–Crippen MR) is 63.8 cm³/mol. The summed E-state index contributed by atoms with van der Waals surface area (Å²) < 4.78 is 0. The Morgan fingerprint density at radius 2 is 1.94 bits per heavy atom. The van der Waals surface area contributed by atoms with E-state index in [4.69, 9.17) is 5.11 Å². The maximum atomic E-state index is 12.1. The fourth-order valence-corrected chi connectivity index (χ4v) is 3.17. The van der Waals surface area contributed by atoms with Crippen LogP contribution in [0.3, 0.4) is 0 Å². The van der Waals surface area contributed by atoms with Gasteiger partial charge in [0.2, 0.25) is 0 Å². The Morgan fingerprint density at radius 1 is 1.12 bits per heavy atom. The van der Waals surface area contributed by atoms with E-state index in [1.54, 1.807) is 0 Å². The molecule has 2 bridgehead atoms. The summed E-state index contributed by atoms with van der Waals surface area (Å²) in [5.74, 6) is -0.402. The number of hydrogen-bond donors (Lipinski definition) is 2. The van der Waals surface area contributed by atoms with Gasteiger partial charge in [-0.2, -0.15) is 0 Å². The van der Waals surface area contributed by atoms with Crippen LogP contribution in [0.15, 0.2) is 0 Å². The second kappa shape index (κ2) is 5.63. The molecule has 17 heavy (non-hydrogen) atoms. The summed E-state index contributed by atoms with van der Waals surface area (Å²) in [4.78, 5) is 22.5. The van der Waals surface area contributed by atoms with Crippen molar-refractivity contribution in [3.05, 3.63) is 0 Å². The van der Waals surface area contributed by atoms with Crippen LogP contribution in [-0.4, -0.2) is 28.9 Å². The zero-order valence-electron chi connectivity index (χ0n) is 10.2. The highest BCUT2D eigenvalue weighted by molar-refractivity contribution is 5.82. The fourth-order valence-electron chi connectivity index (χ4n) is 3.17. The van der Waals surface area contributed by atoms with Crippen molar-refractivity contribution in [2.75, 3.05) is 0 Å². The molecule has 0 aromatic heterocycles. The van der Waals surface area contributed by atoms with Crippen molar-refractivity contribution in [3.63, 3.8) is 0 Å². The minimum Gasteiger partial charge on any atom is -0.481 e. The van der Waals surface area contributed by atoms with Crippen LogP contribution in [0, 0.1) is 5.92 Å². The van der Waals surface area contributed by atoms with Gasteiger partial charge < -0.3 is 10.4 Å². The average molecular weight is 239 g/mol.